The molecule has 1 aliphatic rings. The summed E-state index contributed by atoms with van der Waals surface area (Å²) in [6.45, 7) is 0. The molecule has 1 aromatic carbocycles. The van der Waals surface area contributed by atoms with E-state index in [1.165, 1.54) is 6.07 Å². The van der Waals surface area contributed by atoms with Gasteiger partial charge in [0.1, 0.15) is 22.1 Å². The number of benzene rings is 1. The standard InChI is InChI=1S/C10H7Cl2N5O4/c11-2-1-3-5(8(4(2)12)17(20)21)16-7(10(14)19)6(15-3)9(13)18/h1,15-16H,(H2,13,18)(H2,14,19). The van der Waals surface area contributed by atoms with Gasteiger partial charge >= 0.3 is 5.69 Å². The van der Waals surface area contributed by atoms with Gasteiger partial charge in [-0.15, -0.1) is 0 Å². The van der Waals surface area contributed by atoms with Crippen molar-refractivity contribution in [2.75, 3.05) is 10.6 Å². The maximum atomic E-state index is 11.3. The largest absolute Gasteiger partial charge is 0.364 e. The molecule has 11 heteroatoms. The molecule has 0 spiro atoms. The number of halogens is 2. The van der Waals surface area contributed by atoms with E-state index in [4.69, 9.17) is 34.7 Å². The molecule has 0 atom stereocenters. The maximum Gasteiger partial charge on any atom is 0.314 e. The highest BCUT2D eigenvalue weighted by atomic mass is 35.5. The molecule has 1 aliphatic heterocycles. The minimum atomic E-state index is -1.03. The van der Waals surface area contributed by atoms with Gasteiger partial charge in [-0.25, -0.2) is 0 Å². The Morgan fingerprint density at radius 3 is 2.14 bits per heavy atom. The van der Waals surface area contributed by atoms with Crippen LogP contribution in [0.2, 0.25) is 10.0 Å². The fourth-order valence-electron chi connectivity index (χ4n) is 1.76. The number of nitrogens with one attached hydrogen (secondary N) is 2. The second-order valence-electron chi connectivity index (χ2n) is 3.93. The molecule has 2 amide bonds. The second kappa shape index (κ2) is 5.11. The highest BCUT2D eigenvalue weighted by Crippen LogP contribution is 2.45. The number of rotatable bonds is 3. The van der Waals surface area contributed by atoms with Gasteiger partial charge in [0.15, 0.2) is 0 Å². The molecule has 0 saturated carbocycles. The first-order valence-corrected chi connectivity index (χ1v) is 6.04. The maximum absolute atomic E-state index is 11.3. The van der Waals surface area contributed by atoms with Gasteiger partial charge in [-0.05, 0) is 6.07 Å². The van der Waals surface area contributed by atoms with Crippen LogP contribution in [0.1, 0.15) is 0 Å². The quantitative estimate of drug-likeness (QED) is 0.477. The third-order valence-electron chi connectivity index (χ3n) is 2.63. The summed E-state index contributed by atoms with van der Waals surface area (Å²) in [6.07, 6.45) is 0. The molecule has 110 valence electrons. The first-order chi connectivity index (χ1) is 9.73. The van der Waals surface area contributed by atoms with Crippen molar-refractivity contribution < 1.29 is 14.5 Å². The topological polar surface area (TPSA) is 153 Å². The zero-order valence-corrected chi connectivity index (χ0v) is 11.6. The molecule has 1 aromatic rings. The van der Waals surface area contributed by atoms with Gasteiger partial charge < -0.3 is 22.1 Å². The number of hydrogen-bond acceptors (Lipinski definition) is 6. The van der Waals surface area contributed by atoms with E-state index in [1.807, 2.05) is 0 Å². The van der Waals surface area contributed by atoms with Gasteiger partial charge in [-0.3, -0.25) is 19.7 Å². The van der Waals surface area contributed by atoms with E-state index >= 15 is 0 Å². The number of hydrogen-bond donors (Lipinski definition) is 4. The minimum absolute atomic E-state index is 0.0647. The zero-order valence-electron chi connectivity index (χ0n) is 10.1. The molecule has 0 radical (unpaired) electrons. The molecule has 2 rings (SSSR count). The van der Waals surface area contributed by atoms with Crippen LogP contribution in [0.15, 0.2) is 17.5 Å². The Kier molecular flexibility index (Phi) is 3.62. The van der Waals surface area contributed by atoms with E-state index in [9.17, 15) is 19.7 Å². The van der Waals surface area contributed by atoms with E-state index in [0.29, 0.717) is 0 Å². The van der Waals surface area contributed by atoms with E-state index in [0.717, 1.165) is 0 Å². The number of carbonyl (C=O) groups is 2. The van der Waals surface area contributed by atoms with Gasteiger partial charge in [-0.2, -0.15) is 0 Å². The number of nitro benzene ring substituents is 1. The lowest BCUT2D eigenvalue weighted by Gasteiger charge is -2.23. The number of amides is 2. The molecule has 21 heavy (non-hydrogen) atoms. The second-order valence-corrected chi connectivity index (χ2v) is 4.71. The van der Waals surface area contributed by atoms with Crippen LogP contribution in [0.3, 0.4) is 0 Å². The fraction of sp³-hybridized carbons (Fsp3) is 0. The summed E-state index contributed by atoms with van der Waals surface area (Å²) < 4.78 is 0. The average molecular weight is 332 g/mol. The molecule has 6 N–H and O–H groups in total. The molecule has 0 aliphatic carbocycles. The van der Waals surface area contributed by atoms with Crippen molar-refractivity contribution >= 4 is 52.1 Å². The Hall–Kier alpha value is -2.52. The minimum Gasteiger partial charge on any atom is -0.364 e. The normalized spacial score (nSPS) is 13.0. The summed E-state index contributed by atoms with van der Waals surface area (Å²) >= 11 is 11.6. The Balaban J connectivity index is 2.71. The van der Waals surface area contributed by atoms with Crippen molar-refractivity contribution in [3.05, 3.63) is 37.6 Å². The summed E-state index contributed by atoms with van der Waals surface area (Å²) in [7, 11) is 0. The van der Waals surface area contributed by atoms with Crippen LogP contribution in [0.5, 0.6) is 0 Å². The molecular formula is C10H7Cl2N5O4. The van der Waals surface area contributed by atoms with Crippen molar-refractivity contribution in [2.45, 2.75) is 0 Å². The molecule has 0 bridgehead atoms. The van der Waals surface area contributed by atoms with Crippen LogP contribution in [0.4, 0.5) is 17.1 Å². The summed E-state index contributed by atoms with van der Waals surface area (Å²) in [5, 5.41) is 15.6. The van der Waals surface area contributed by atoms with Crippen molar-refractivity contribution in [1.29, 1.82) is 0 Å². The van der Waals surface area contributed by atoms with Gasteiger partial charge in [0.2, 0.25) is 0 Å². The lowest BCUT2D eigenvalue weighted by atomic mass is 10.1. The van der Waals surface area contributed by atoms with E-state index < -0.39 is 28.1 Å². The van der Waals surface area contributed by atoms with Crippen molar-refractivity contribution in [2.24, 2.45) is 11.5 Å². The summed E-state index contributed by atoms with van der Waals surface area (Å²) in [5.41, 5.74) is 8.85. The fourth-order valence-corrected chi connectivity index (χ4v) is 2.18. The van der Waals surface area contributed by atoms with Crippen LogP contribution in [0.25, 0.3) is 0 Å². The molecule has 1 heterocycles. The van der Waals surface area contributed by atoms with Crippen molar-refractivity contribution in [3.8, 4) is 0 Å². The van der Waals surface area contributed by atoms with E-state index in [1.54, 1.807) is 0 Å². The summed E-state index contributed by atoms with van der Waals surface area (Å²) in [4.78, 5) is 33.0. The number of carbonyl (C=O) groups excluding carboxylic acids is 2. The smallest absolute Gasteiger partial charge is 0.314 e. The van der Waals surface area contributed by atoms with Gasteiger partial charge in [0.25, 0.3) is 11.8 Å². The molecule has 0 unspecified atom stereocenters. The summed E-state index contributed by atoms with van der Waals surface area (Å²) in [6, 6.07) is 1.25. The van der Waals surface area contributed by atoms with Crippen LogP contribution in [0, 0.1) is 10.1 Å². The molecule has 0 saturated heterocycles. The molecular weight excluding hydrogens is 325 g/mol. The van der Waals surface area contributed by atoms with Crippen LogP contribution >= 0.6 is 23.2 Å². The number of fused-ring (bicyclic) bond motifs is 1. The number of nitrogens with zero attached hydrogens (tertiary/aromatic N) is 1. The molecule has 9 nitrogen and oxygen atoms in total. The van der Waals surface area contributed by atoms with Gasteiger partial charge in [0.05, 0.1) is 15.6 Å². The molecule has 0 aromatic heterocycles. The van der Waals surface area contributed by atoms with Gasteiger partial charge in [-0.1, -0.05) is 23.2 Å². The number of primary amides is 2. The van der Waals surface area contributed by atoms with E-state index in [-0.39, 0.29) is 27.1 Å². The SMILES string of the molecule is NC(=O)C1=C(C(N)=O)Nc2c(cc(Cl)c(Cl)c2[N+](=O)[O-])N1. The van der Waals surface area contributed by atoms with Gasteiger partial charge in [0, 0.05) is 0 Å². The first-order valence-electron chi connectivity index (χ1n) is 5.28. The Bertz CT molecular complexity index is 731. The lowest BCUT2D eigenvalue weighted by Crippen LogP contribution is -2.33. The highest BCUT2D eigenvalue weighted by molar-refractivity contribution is 6.44. The highest BCUT2D eigenvalue weighted by Gasteiger charge is 2.32. The first kappa shape index (κ1) is 14.9. The van der Waals surface area contributed by atoms with Crippen molar-refractivity contribution in [3.63, 3.8) is 0 Å². The van der Waals surface area contributed by atoms with Crippen LogP contribution in [-0.2, 0) is 9.59 Å². The van der Waals surface area contributed by atoms with Crippen LogP contribution in [-0.4, -0.2) is 16.7 Å². The third-order valence-corrected chi connectivity index (χ3v) is 3.41. The van der Waals surface area contributed by atoms with Crippen LogP contribution < -0.4 is 22.1 Å². The average Bonchev–Trinajstić information content (AvgIpc) is 2.38. The monoisotopic (exact) mass is 331 g/mol. The predicted octanol–water partition coefficient (Wildman–Crippen LogP) is 0.921. The Morgan fingerprint density at radius 1 is 1.14 bits per heavy atom. The molecule has 0 fully saturated rings. The Morgan fingerprint density at radius 2 is 1.67 bits per heavy atom. The lowest BCUT2D eigenvalue weighted by molar-refractivity contribution is -0.383. The zero-order chi connectivity index (χ0) is 15.9. The number of anilines is 2. The van der Waals surface area contributed by atoms with E-state index in [2.05, 4.69) is 10.6 Å². The Labute approximate surface area is 127 Å². The van der Waals surface area contributed by atoms with Crippen molar-refractivity contribution in [1.82, 2.24) is 0 Å². The predicted molar refractivity (Wildman–Crippen MR) is 75.8 cm³/mol. The number of nitrogens with two attached hydrogens (primary N) is 2. The third kappa shape index (κ3) is 2.43. The summed E-state index contributed by atoms with van der Waals surface area (Å²) in [5.74, 6) is -2.00. The number of nitro groups is 1.